The van der Waals surface area contributed by atoms with Gasteiger partial charge in [0.25, 0.3) is 0 Å². The van der Waals surface area contributed by atoms with Crippen LogP contribution in [0.2, 0.25) is 0 Å². The van der Waals surface area contributed by atoms with Gasteiger partial charge in [-0.05, 0) is 24.1 Å². The van der Waals surface area contributed by atoms with Crippen LogP contribution in [0.3, 0.4) is 0 Å². The number of methoxy groups -OCH3 is 1. The highest BCUT2D eigenvalue weighted by Crippen LogP contribution is 2.20. The molecule has 102 valence electrons. The van der Waals surface area contributed by atoms with Crippen molar-refractivity contribution in [3.8, 4) is 5.75 Å². The van der Waals surface area contributed by atoms with E-state index in [1.807, 2.05) is 6.92 Å². The summed E-state index contributed by atoms with van der Waals surface area (Å²) >= 11 is 0. The molecule has 1 amide bonds. The fraction of sp³-hybridized carbons (Fsp3) is 0.429. The standard InChI is InChI=1S/C14H16FNO3/c1-9-5-14(18)16(7-9)8-12(17)10-3-4-13(19-2)11(15)6-10/h3-4,6,9H,5,7-8H2,1-2H3. The minimum atomic E-state index is -0.575. The first-order chi connectivity index (χ1) is 9.01. The van der Waals surface area contributed by atoms with Gasteiger partial charge in [0, 0.05) is 18.5 Å². The number of halogens is 1. The topological polar surface area (TPSA) is 46.6 Å². The number of Topliss-reactive ketones (excluding diaryl/α,β-unsaturated/α-hetero) is 1. The maximum Gasteiger partial charge on any atom is 0.223 e. The molecule has 4 nitrogen and oxygen atoms in total. The minimum Gasteiger partial charge on any atom is -0.494 e. The summed E-state index contributed by atoms with van der Waals surface area (Å²) in [6.07, 6.45) is 0.476. The Morgan fingerprint density at radius 3 is 2.79 bits per heavy atom. The second-order valence-electron chi connectivity index (χ2n) is 4.86. The van der Waals surface area contributed by atoms with Crippen LogP contribution in [0.25, 0.3) is 0 Å². The number of benzene rings is 1. The molecule has 1 aliphatic heterocycles. The van der Waals surface area contributed by atoms with Gasteiger partial charge in [0.2, 0.25) is 5.91 Å². The summed E-state index contributed by atoms with van der Waals surface area (Å²) in [7, 11) is 1.37. The third kappa shape index (κ3) is 2.92. The summed E-state index contributed by atoms with van der Waals surface area (Å²) < 4.78 is 18.3. The minimum absolute atomic E-state index is 0.00887. The predicted molar refractivity (Wildman–Crippen MR) is 67.6 cm³/mol. The van der Waals surface area contributed by atoms with Crippen molar-refractivity contribution in [1.82, 2.24) is 4.90 Å². The zero-order valence-electron chi connectivity index (χ0n) is 11.0. The van der Waals surface area contributed by atoms with Gasteiger partial charge >= 0.3 is 0 Å². The smallest absolute Gasteiger partial charge is 0.223 e. The summed E-state index contributed by atoms with van der Waals surface area (Å²) in [6, 6.07) is 4.07. The number of ether oxygens (including phenoxy) is 1. The van der Waals surface area contributed by atoms with Gasteiger partial charge in [0.15, 0.2) is 17.3 Å². The Balaban J connectivity index is 2.08. The molecular formula is C14H16FNO3. The van der Waals surface area contributed by atoms with Crippen molar-refractivity contribution in [2.75, 3.05) is 20.2 Å². The van der Waals surface area contributed by atoms with Crippen molar-refractivity contribution >= 4 is 11.7 Å². The summed E-state index contributed by atoms with van der Waals surface area (Å²) in [5.41, 5.74) is 0.255. The van der Waals surface area contributed by atoms with Crippen molar-refractivity contribution in [3.05, 3.63) is 29.6 Å². The number of ketones is 1. The van der Waals surface area contributed by atoms with E-state index in [1.54, 1.807) is 0 Å². The SMILES string of the molecule is COc1ccc(C(=O)CN2CC(C)CC2=O)cc1F. The zero-order valence-corrected chi connectivity index (χ0v) is 11.0. The molecular weight excluding hydrogens is 249 g/mol. The summed E-state index contributed by atoms with van der Waals surface area (Å²) in [5.74, 6) is -0.483. The summed E-state index contributed by atoms with van der Waals surface area (Å²) in [5, 5.41) is 0. The van der Waals surface area contributed by atoms with Gasteiger partial charge in [-0.15, -0.1) is 0 Å². The second-order valence-corrected chi connectivity index (χ2v) is 4.86. The van der Waals surface area contributed by atoms with E-state index in [2.05, 4.69) is 0 Å². The summed E-state index contributed by atoms with van der Waals surface area (Å²) in [6.45, 7) is 2.56. The Morgan fingerprint density at radius 1 is 1.53 bits per heavy atom. The van der Waals surface area contributed by atoms with Gasteiger partial charge in [-0.25, -0.2) is 4.39 Å². The molecule has 1 heterocycles. The van der Waals surface area contributed by atoms with Gasteiger partial charge in [-0.1, -0.05) is 6.92 Å². The van der Waals surface area contributed by atoms with Crippen LogP contribution in [0, 0.1) is 11.7 Å². The highest BCUT2D eigenvalue weighted by molar-refractivity contribution is 5.99. The molecule has 0 bridgehead atoms. The van der Waals surface area contributed by atoms with Crippen LogP contribution in [0.15, 0.2) is 18.2 Å². The van der Waals surface area contributed by atoms with Crippen molar-refractivity contribution < 1.29 is 18.7 Å². The fourth-order valence-corrected chi connectivity index (χ4v) is 2.23. The Morgan fingerprint density at radius 2 is 2.26 bits per heavy atom. The number of rotatable bonds is 4. The normalized spacial score (nSPS) is 18.8. The number of nitrogens with zero attached hydrogens (tertiary/aromatic N) is 1. The highest BCUT2D eigenvalue weighted by Gasteiger charge is 2.28. The molecule has 0 spiro atoms. The third-order valence-corrected chi connectivity index (χ3v) is 3.22. The fourth-order valence-electron chi connectivity index (χ4n) is 2.23. The van der Waals surface area contributed by atoms with Gasteiger partial charge in [-0.2, -0.15) is 0 Å². The van der Waals surface area contributed by atoms with Crippen molar-refractivity contribution in [2.24, 2.45) is 5.92 Å². The number of hydrogen-bond donors (Lipinski definition) is 0. The van der Waals surface area contributed by atoms with Crippen molar-refractivity contribution in [1.29, 1.82) is 0 Å². The molecule has 1 fully saturated rings. The number of carbonyl (C=O) groups is 2. The maximum absolute atomic E-state index is 13.5. The Labute approximate surface area is 111 Å². The Hall–Kier alpha value is -1.91. The van der Waals surface area contributed by atoms with Crippen LogP contribution >= 0.6 is 0 Å². The van der Waals surface area contributed by atoms with E-state index in [4.69, 9.17) is 4.74 Å². The number of likely N-dealkylation sites (tertiary alicyclic amines) is 1. The molecule has 0 saturated carbocycles. The number of amides is 1. The lowest BCUT2D eigenvalue weighted by Gasteiger charge is -2.15. The number of carbonyl (C=O) groups excluding carboxylic acids is 2. The molecule has 1 unspecified atom stereocenters. The van der Waals surface area contributed by atoms with E-state index in [1.165, 1.54) is 24.1 Å². The summed E-state index contributed by atoms with van der Waals surface area (Å²) in [4.78, 5) is 25.1. The first-order valence-corrected chi connectivity index (χ1v) is 6.15. The van der Waals surface area contributed by atoms with E-state index in [0.29, 0.717) is 13.0 Å². The Kier molecular flexibility index (Phi) is 3.83. The molecule has 0 N–H and O–H groups in total. The van der Waals surface area contributed by atoms with E-state index in [9.17, 15) is 14.0 Å². The molecule has 5 heteroatoms. The second kappa shape index (κ2) is 5.38. The van der Waals surface area contributed by atoms with E-state index in [-0.39, 0.29) is 35.5 Å². The molecule has 1 atom stereocenters. The lowest BCUT2D eigenvalue weighted by atomic mass is 10.1. The van der Waals surface area contributed by atoms with Crippen molar-refractivity contribution in [2.45, 2.75) is 13.3 Å². The lowest BCUT2D eigenvalue weighted by molar-refractivity contribution is -0.127. The largest absolute Gasteiger partial charge is 0.494 e. The molecule has 0 aromatic heterocycles. The van der Waals surface area contributed by atoms with Gasteiger partial charge in [0.1, 0.15) is 0 Å². The average Bonchev–Trinajstić information content (AvgIpc) is 2.67. The van der Waals surface area contributed by atoms with Crippen LogP contribution in [-0.4, -0.2) is 36.8 Å². The van der Waals surface area contributed by atoms with Crippen LogP contribution in [-0.2, 0) is 4.79 Å². The third-order valence-electron chi connectivity index (χ3n) is 3.22. The first kappa shape index (κ1) is 13.5. The van der Waals surface area contributed by atoms with Gasteiger partial charge in [-0.3, -0.25) is 9.59 Å². The molecule has 2 rings (SSSR count). The average molecular weight is 265 g/mol. The molecule has 1 aromatic rings. The van der Waals surface area contributed by atoms with E-state index in [0.717, 1.165) is 6.07 Å². The quantitative estimate of drug-likeness (QED) is 0.781. The zero-order chi connectivity index (χ0) is 14.0. The monoisotopic (exact) mass is 265 g/mol. The van der Waals surface area contributed by atoms with Gasteiger partial charge in [0.05, 0.1) is 13.7 Å². The van der Waals surface area contributed by atoms with Crippen molar-refractivity contribution in [3.63, 3.8) is 0 Å². The molecule has 1 aliphatic rings. The first-order valence-electron chi connectivity index (χ1n) is 6.15. The van der Waals surface area contributed by atoms with E-state index < -0.39 is 5.82 Å². The molecule has 0 radical (unpaired) electrons. The molecule has 19 heavy (non-hydrogen) atoms. The molecule has 1 aromatic carbocycles. The highest BCUT2D eigenvalue weighted by atomic mass is 19.1. The Bertz CT molecular complexity index is 515. The van der Waals surface area contributed by atoms with Crippen LogP contribution in [0.5, 0.6) is 5.75 Å². The van der Waals surface area contributed by atoms with Crippen LogP contribution in [0.1, 0.15) is 23.7 Å². The van der Waals surface area contributed by atoms with E-state index >= 15 is 0 Å². The maximum atomic E-state index is 13.5. The molecule has 1 saturated heterocycles. The van der Waals surface area contributed by atoms with Crippen LogP contribution < -0.4 is 4.74 Å². The van der Waals surface area contributed by atoms with Gasteiger partial charge < -0.3 is 9.64 Å². The van der Waals surface area contributed by atoms with Crippen LogP contribution in [0.4, 0.5) is 4.39 Å². The predicted octanol–water partition coefficient (Wildman–Crippen LogP) is 1.89. The molecule has 0 aliphatic carbocycles. The number of hydrogen-bond acceptors (Lipinski definition) is 3. The lowest BCUT2D eigenvalue weighted by Crippen LogP contribution is -2.31.